The zero-order chi connectivity index (χ0) is 15.3. The van der Waals surface area contributed by atoms with E-state index in [9.17, 15) is 0 Å². The average Bonchev–Trinajstić information content (AvgIpc) is 2.40. The molecule has 0 saturated heterocycles. The SMILES string of the molecule is C=Cc1cc(C)cc(C(C)(C)CC)c1CC(C)CCC. The summed E-state index contributed by atoms with van der Waals surface area (Å²) in [6.45, 7) is 17.9. The van der Waals surface area contributed by atoms with Gasteiger partial charge in [0.25, 0.3) is 0 Å². The van der Waals surface area contributed by atoms with E-state index in [1.54, 1.807) is 0 Å². The largest absolute Gasteiger partial charge is 0.0985 e. The molecule has 1 rings (SSSR count). The Morgan fingerprint density at radius 1 is 1.25 bits per heavy atom. The van der Waals surface area contributed by atoms with Gasteiger partial charge in [-0.1, -0.05) is 77.8 Å². The Kier molecular flexibility index (Phi) is 6.05. The Morgan fingerprint density at radius 2 is 1.90 bits per heavy atom. The van der Waals surface area contributed by atoms with Crippen molar-refractivity contribution in [1.82, 2.24) is 0 Å². The molecule has 0 spiro atoms. The van der Waals surface area contributed by atoms with Crippen LogP contribution in [-0.2, 0) is 11.8 Å². The van der Waals surface area contributed by atoms with E-state index in [2.05, 4.69) is 60.3 Å². The molecule has 1 aromatic rings. The molecule has 0 aliphatic rings. The molecule has 0 bridgehead atoms. The van der Waals surface area contributed by atoms with Gasteiger partial charge in [-0.2, -0.15) is 0 Å². The normalized spacial score (nSPS) is 13.3. The van der Waals surface area contributed by atoms with Crippen molar-refractivity contribution in [1.29, 1.82) is 0 Å². The van der Waals surface area contributed by atoms with Crippen LogP contribution in [0.4, 0.5) is 0 Å². The Balaban J connectivity index is 3.33. The van der Waals surface area contributed by atoms with E-state index in [0.717, 1.165) is 5.92 Å². The fraction of sp³-hybridized carbons (Fsp3) is 0.600. The van der Waals surface area contributed by atoms with Crippen molar-refractivity contribution < 1.29 is 0 Å². The van der Waals surface area contributed by atoms with Crippen LogP contribution in [0.1, 0.15) is 76.1 Å². The predicted octanol–water partition coefficient (Wildman–Crippen LogP) is 6.30. The van der Waals surface area contributed by atoms with Crippen molar-refractivity contribution in [2.75, 3.05) is 0 Å². The van der Waals surface area contributed by atoms with Crippen molar-refractivity contribution >= 4 is 6.08 Å². The van der Waals surface area contributed by atoms with E-state index in [0.29, 0.717) is 0 Å². The topological polar surface area (TPSA) is 0 Å². The minimum absolute atomic E-state index is 0.241. The lowest BCUT2D eigenvalue weighted by Gasteiger charge is -2.29. The van der Waals surface area contributed by atoms with Crippen LogP contribution in [0.5, 0.6) is 0 Å². The van der Waals surface area contributed by atoms with Gasteiger partial charge in [-0.25, -0.2) is 0 Å². The summed E-state index contributed by atoms with van der Waals surface area (Å²) < 4.78 is 0. The Morgan fingerprint density at radius 3 is 2.40 bits per heavy atom. The zero-order valence-corrected chi connectivity index (χ0v) is 14.3. The van der Waals surface area contributed by atoms with Crippen molar-refractivity contribution in [3.05, 3.63) is 41.0 Å². The van der Waals surface area contributed by atoms with Crippen LogP contribution < -0.4 is 0 Å². The zero-order valence-electron chi connectivity index (χ0n) is 14.3. The fourth-order valence-corrected chi connectivity index (χ4v) is 2.99. The van der Waals surface area contributed by atoms with Gasteiger partial charge >= 0.3 is 0 Å². The fourth-order valence-electron chi connectivity index (χ4n) is 2.99. The van der Waals surface area contributed by atoms with Crippen LogP contribution in [0.2, 0.25) is 0 Å². The van der Waals surface area contributed by atoms with E-state index in [1.807, 2.05) is 6.08 Å². The number of aryl methyl sites for hydroxylation is 1. The monoisotopic (exact) mass is 272 g/mol. The molecule has 0 N–H and O–H groups in total. The lowest BCUT2D eigenvalue weighted by Crippen LogP contribution is -2.20. The highest BCUT2D eigenvalue weighted by Crippen LogP contribution is 2.34. The molecule has 0 nitrogen and oxygen atoms in total. The maximum Gasteiger partial charge on any atom is -0.0103 e. The second-order valence-corrected chi connectivity index (χ2v) is 6.92. The quantitative estimate of drug-likeness (QED) is 0.546. The second kappa shape index (κ2) is 7.11. The first kappa shape index (κ1) is 17.0. The molecular weight excluding hydrogens is 240 g/mol. The summed E-state index contributed by atoms with van der Waals surface area (Å²) in [5.74, 6) is 0.743. The lowest BCUT2D eigenvalue weighted by molar-refractivity contribution is 0.481. The molecule has 0 heteroatoms. The molecule has 0 radical (unpaired) electrons. The van der Waals surface area contributed by atoms with Gasteiger partial charge in [0.15, 0.2) is 0 Å². The molecule has 1 atom stereocenters. The Hall–Kier alpha value is -1.04. The predicted molar refractivity (Wildman–Crippen MR) is 92.4 cm³/mol. The first-order valence-corrected chi connectivity index (χ1v) is 8.12. The van der Waals surface area contributed by atoms with Gasteiger partial charge in [-0.15, -0.1) is 0 Å². The summed E-state index contributed by atoms with van der Waals surface area (Å²) >= 11 is 0. The summed E-state index contributed by atoms with van der Waals surface area (Å²) in [5, 5.41) is 0. The number of rotatable bonds is 7. The number of hydrogen-bond donors (Lipinski definition) is 0. The summed E-state index contributed by atoms with van der Waals surface area (Å²) in [7, 11) is 0. The third kappa shape index (κ3) is 3.98. The summed E-state index contributed by atoms with van der Waals surface area (Å²) in [6, 6.07) is 4.68. The second-order valence-electron chi connectivity index (χ2n) is 6.92. The molecule has 0 aliphatic heterocycles. The first-order chi connectivity index (χ1) is 9.35. The Labute approximate surface area is 126 Å². The van der Waals surface area contributed by atoms with Gasteiger partial charge < -0.3 is 0 Å². The minimum atomic E-state index is 0.241. The van der Waals surface area contributed by atoms with Crippen LogP contribution in [0.15, 0.2) is 18.7 Å². The standard InChI is InChI=1S/C20H32/c1-8-11-15(4)13-18-17(9-2)12-16(5)14-19(18)20(6,7)10-3/h9,12,14-15H,2,8,10-11,13H2,1,3-7H3. The van der Waals surface area contributed by atoms with Gasteiger partial charge in [0.2, 0.25) is 0 Å². The van der Waals surface area contributed by atoms with E-state index < -0.39 is 0 Å². The number of hydrogen-bond acceptors (Lipinski definition) is 0. The molecule has 0 aliphatic carbocycles. The van der Waals surface area contributed by atoms with Crippen LogP contribution in [0.25, 0.3) is 6.08 Å². The maximum atomic E-state index is 4.03. The van der Waals surface area contributed by atoms with Crippen molar-refractivity contribution in [2.45, 2.75) is 72.6 Å². The van der Waals surface area contributed by atoms with E-state index in [1.165, 1.54) is 47.9 Å². The molecular formula is C20H32. The summed E-state index contributed by atoms with van der Waals surface area (Å²) in [5.41, 5.74) is 5.98. The third-order valence-corrected chi connectivity index (χ3v) is 4.60. The molecule has 112 valence electrons. The Bertz CT molecular complexity index is 451. The molecule has 0 amide bonds. The van der Waals surface area contributed by atoms with Gasteiger partial charge in [0.1, 0.15) is 0 Å². The highest BCUT2D eigenvalue weighted by atomic mass is 14.3. The third-order valence-electron chi connectivity index (χ3n) is 4.60. The lowest BCUT2D eigenvalue weighted by atomic mass is 9.75. The molecule has 20 heavy (non-hydrogen) atoms. The highest BCUT2D eigenvalue weighted by molar-refractivity contribution is 5.57. The van der Waals surface area contributed by atoms with Gasteiger partial charge in [-0.3, -0.25) is 0 Å². The smallest absolute Gasteiger partial charge is 0.0103 e. The van der Waals surface area contributed by atoms with Crippen molar-refractivity contribution in [2.24, 2.45) is 5.92 Å². The van der Waals surface area contributed by atoms with Crippen LogP contribution >= 0.6 is 0 Å². The van der Waals surface area contributed by atoms with Crippen LogP contribution in [-0.4, -0.2) is 0 Å². The highest BCUT2D eigenvalue weighted by Gasteiger charge is 2.24. The van der Waals surface area contributed by atoms with Crippen LogP contribution in [0.3, 0.4) is 0 Å². The van der Waals surface area contributed by atoms with Crippen molar-refractivity contribution in [3.8, 4) is 0 Å². The first-order valence-electron chi connectivity index (χ1n) is 8.12. The van der Waals surface area contributed by atoms with Crippen LogP contribution in [0, 0.1) is 12.8 Å². The molecule has 1 aromatic carbocycles. The molecule has 0 saturated carbocycles. The summed E-state index contributed by atoms with van der Waals surface area (Å²) in [4.78, 5) is 0. The minimum Gasteiger partial charge on any atom is -0.0985 e. The molecule has 1 unspecified atom stereocenters. The summed E-state index contributed by atoms with van der Waals surface area (Å²) in [6.07, 6.45) is 6.95. The molecule has 0 aromatic heterocycles. The van der Waals surface area contributed by atoms with E-state index in [-0.39, 0.29) is 5.41 Å². The maximum absolute atomic E-state index is 4.03. The average molecular weight is 272 g/mol. The van der Waals surface area contributed by atoms with Crippen molar-refractivity contribution in [3.63, 3.8) is 0 Å². The number of benzene rings is 1. The van der Waals surface area contributed by atoms with Gasteiger partial charge in [0.05, 0.1) is 0 Å². The van der Waals surface area contributed by atoms with Gasteiger partial charge in [0, 0.05) is 0 Å². The van der Waals surface area contributed by atoms with E-state index >= 15 is 0 Å². The van der Waals surface area contributed by atoms with Gasteiger partial charge in [-0.05, 0) is 47.8 Å². The van der Waals surface area contributed by atoms with E-state index in [4.69, 9.17) is 0 Å². The molecule has 0 heterocycles. The molecule has 0 fully saturated rings.